The lowest BCUT2D eigenvalue weighted by atomic mass is 10.2. The molecular weight excluding hydrogens is 404 g/mol. The quantitative estimate of drug-likeness (QED) is 0.414. The van der Waals surface area contributed by atoms with Crippen molar-refractivity contribution < 1.29 is 23.9 Å². The third kappa shape index (κ3) is 7.79. The first-order valence-corrected chi connectivity index (χ1v) is 10.8. The van der Waals surface area contributed by atoms with E-state index in [4.69, 9.17) is 9.47 Å². The Morgan fingerprint density at radius 3 is 2.27 bits per heavy atom. The van der Waals surface area contributed by atoms with Gasteiger partial charge < -0.3 is 20.1 Å². The van der Waals surface area contributed by atoms with Crippen molar-refractivity contribution in [2.24, 2.45) is 0 Å². The molecule has 0 aliphatic carbocycles. The van der Waals surface area contributed by atoms with Crippen LogP contribution in [0.2, 0.25) is 0 Å². The van der Waals surface area contributed by atoms with E-state index in [1.165, 1.54) is 18.9 Å². The fraction of sp³-hybridized carbons (Fsp3) is 0.318. The minimum Gasteiger partial charge on any atom is -0.495 e. The van der Waals surface area contributed by atoms with Crippen molar-refractivity contribution in [1.82, 2.24) is 0 Å². The smallest absolute Gasteiger partial charge is 0.338 e. The first-order chi connectivity index (χ1) is 14.5. The van der Waals surface area contributed by atoms with E-state index in [0.717, 1.165) is 12.8 Å². The number of rotatable bonds is 11. The predicted molar refractivity (Wildman–Crippen MR) is 119 cm³/mol. The highest BCUT2D eigenvalue weighted by atomic mass is 32.2. The van der Waals surface area contributed by atoms with Crippen LogP contribution in [0.15, 0.2) is 48.5 Å². The van der Waals surface area contributed by atoms with Gasteiger partial charge in [0.2, 0.25) is 11.8 Å². The average molecular weight is 431 g/mol. The zero-order valence-corrected chi connectivity index (χ0v) is 17.9. The van der Waals surface area contributed by atoms with Crippen LogP contribution < -0.4 is 15.4 Å². The molecule has 8 heteroatoms. The van der Waals surface area contributed by atoms with Crippen LogP contribution in [0.25, 0.3) is 0 Å². The number of amides is 2. The Labute approximate surface area is 180 Å². The molecule has 0 unspecified atom stereocenters. The summed E-state index contributed by atoms with van der Waals surface area (Å²) in [6.45, 7) is 2.42. The molecule has 0 aromatic heterocycles. The molecule has 30 heavy (non-hydrogen) atoms. The van der Waals surface area contributed by atoms with Crippen LogP contribution in [-0.2, 0) is 14.3 Å². The van der Waals surface area contributed by atoms with Gasteiger partial charge in [-0.1, -0.05) is 25.5 Å². The lowest BCUT2D eigenvalue weighted by Crippen LogP contribution is -2.18. The topological polar surface area (TPSA) is 93.7 Å². The van der Waals surface area contributed by atoms with Crippen LogP contribution >= 0.6 is 11.8 Å². The van der Waals surface area contributed by atoms with Crippen molar-refractivity contribution in [3.63, 3.8) is 0 Å². The van der Waals surface area contributed by atoms with Gasteiger partial charge in [0, 0.05) is 5.69 Å². The number of hydrogen-bond donors (Lipinski definition) is 2. The Bertz CT molecular complexity index is 855. The first kappa shape index (κ1) is 23.3. The highest BCUT2D eigenvalue weighted by Crippen LogP contribution is 2.23. The molecule has 0 spiro atoms. The molecule has 0 aliphatic rings. The zero-order chi connectivity index (χ0) is 21.8. The number of anilines is 2. The maximum absolute atomic E-state index is 12.1. The number of nitrogens with one attached hydrogen (secondary N) is 2. The zero-order valence-electron chi connectivity index (χ0n) is 17.1. The third-order valence-electron chi connectivity index (χ3n) is 3.98. The van der Waals surface area contributed by atoms with E-state index in [1.807, 2.05) is 13.0 Å². The van der Waals surface area contributed by atoms with E-state index in [0.29, 0.717) is 29.3 Å². The number of thioether (sulfide) groups is 1. The molecule has 2 aromatic rings. The number of unbranched alkanes of at least 4 members (excludes halogenated alkanes) is 1. The number of carbonyl (C=O) groups excluding carboxylic acids is 3. The molecule has 0 fully saturated rings. The molecule has 0 atom stereocenters. The van der Waals surface area contributed by atoms with E-state index >= 15 is 0 Å². The SMILES string of the molecule is CCCCOC(=O)c1ccc(NC(=O)CSCC(=O)Nc2ccccc2OC)cc1. The van der Waals surface area contributed by atoms with Gasteiger partial charge in [0.25, 0.3) is 0 Å². The standard InChI is InChI=1S/C22H26N2O5S/c1-3-4-13-29-22(27)16-9-11-17(12-10-16)23-20(25)14-30-15-21(26)24-18-7-5-6-8-19(18)28-2/h5-12H,3-4,13-15H2,1-2H3,(H,23,25)(H,24,26). The summed E-state index contributed by atoms with van der Waals surface area (Å²) in [4.78, 5) is 36.0. The summed E-state index contributed by atoms with van der Waals surface area (Å²) in [7, 11) is 1.53. The van der Waals surface area contributed by atoms with Gasteiger partial charge >= 0.3 is 5.97 Å². The second-order valence-electron chi connectivity index (χ2n) is 6.36. The van der Waals surface area contributed by atoms with Crippen molar-refractivity contribution in [1.29, 1.82) is 0 Å². The summed E-state index contributed by atoms with van der Waals surface area (Å²) in [6, 6.07) is 13.6. The van der Waals surface area contributed by atoms with Crippen LogP contribution in [0.4, 0.5) is 11.4 Å². The monoisotopic (exact) mass is 430 g/mol. The van der Waals surface area contributed by atoms with Gasteiger partial charge in [-0.05, 0) is 42.8 Å². The fourth-order valence-corrected chi connectivity index (χ4v) is 3.07. The predicted octanol–water partition coefficient (Wildman–Crippen LogP) is 3.96. The van der Waals surface area contributed by atoms with Crippen LogP contribution in [0.3, 0.4) is 0 Å². The number of methoxy groups -OCH3 is 1. The second kappa shape index (κ2) is 12.5. The molecule has 0 saturated carbocycles. The average Bonchev–Trinajstić information content (AvgIpc) is 2.74. The second-order valence-corrected chi connectivity index (χ2v) is 7.34. The highest BCUT2D eigenvalue weighted by molar-refractivity contribution is 8.00. The molecule has 0 saturated heterocycles. The van der Waals surface area contributed by atoms with Crippen LogP contribution in [-0.4, -0.2) is 43.0 Å². The maximum atomic E-state index is 12.1. The Balaban J connectivity index is 1.72. The van der Waals surface area contributed by atoms with Crippen LogP contribution in [0.5, 0.6) is 5.75 Å². The minimum absolute atomic E-state index is 0.125. The number of esters is 1. The Morgan fingerprint density at radius 1 is 0.933 bits per heavy atom. The number of hydrogen-bond acceptors (Lipinski definition) is 6. The number of para-hydroxylation sites is 2. The van der Waals surface area contributed by atoms with Gasteiger partial charge in [-0.15, -0.1) is 11.8 Å². The molecule has 2 amide bonds. The van der Waals surface area contributed by atoms with Crippen molar-refractivity contribution in [3.8, 4) is 5.75 Å². The molecular formula is C22H26N2O5S. The Hall–Kier alpha value is -3.00. The van der Waals surface area contributed by atoms with Crippen molar-refractivity contribution in [2.75, 3.05) is 35.9 Å². The lowest BCUT2D eigenvalue weighted by molar-refractivity contribution is -0.114. The van der Waals surface area contributed by atoms with Crippen molar-refractivity contribution in [2.45, 2.75) is 19.8 Å². The van der Waals surface area contributed by atoms with Gasteiger partial charge in [-0.3, -0.25) is 9.59 Å². The van der Waals surface area contributed by atoms with Crippen molar-refractivity contribution in [3.05, 3.63) is 54.1 Å². The molecule has 2 aromatic carbocycles. The maximum Gasteiger partial charge on any atom is 0.338 e. The largest absolute Gasteiger partial charge is 0.495 e. The van der Waals surface area contributed by atoms with E-state index in [1.54, 1.807) is 42.5 Å². The highest BCUT2D eigenvalue weighted by Gasteiger charge is 2.10. The van der Waals surface area contributed by atoms with E-state index < -0.39 is 0 Å². The van der Waals surface area contributed by atoms with Crippen molar-refractivity contribution >= 4 is 40.9 Å². The summed E-state index contributed by atoms with van der Waals surface area (Å²) in [5.41, 5.74) is 1.60. The van der Waals surface area contributed by atoms with E-state index in [9.17, 15) is 14.4 Å². The van der Waals surface area contributed by atoms with E-state index in [2.05, 4.69) is 10.6 Å². The summed E-state index contributed by atoms with van der Waals surface area (Å²) >= 11 is 1.20. The summed E-state index contributed by atoms with van der Waals surface area (Å²) in [5.74, 6) is 0.00424. The molecule has 2 N–H and O–H groups in total. The van der Waals surface area contributed by atoms with E-state index in [-0.39, 0.29) is 29.3 Å². The molecule has 160 valence electrons. The Morgan fingerprint density at radius 2 is 1.60 bits per heavy atom. The third-order valence-corrected chi connectivity index (χ3v) is 4.92. The van der Waals surface area contributed by atoms with Gasteiger partial charge in [0.15, 0.2) is 0 Å². The number of carbonyl (C=O) groups is 3. The Kier molecular flexibility index (Phi) is 9.73. The molecule has 7 nitrogen and oxygen atoms in total. The van der Waals surface area contributed by atoms with Crippen LogP contribution in [0, 0.1) is 0 Å². The van der Waals surface area contributed by atoms with Gasteiger partial charge in [-0.25, -0.2) is 4.79 Å². The van der Waals surface area contributed by atoms with Gasteiger partial charge in [0.1, 0.15) is 5.75 Å². The minimum atomic E-state index is -0.377. The normalized spacial score (nSPS) is 10.2. The summed E-state index contributed by atoms with van der Waals surface area (Å²) < 4.78 is 10.3. The van der Waals surface area contributed by atoms with Gasteiger partial charge in [0.05, 0.1) is 36.5 Å². The lowest BCUT2D eigenvalue weighted by Gasteiger charge is -2.10. The first-order valence-electron chi connectivity index (χ1n) is 9.61. The molecule has 0 bridgehead atoms. The summed E-state index contributed by atoms with van der Waals surface area (Å²) in [5, 5.41) is 5.50. The fourth-order valence-electron chi connectivity index (χ4n) is 2.45. The molecule has 2 rings (SSSR count). The number of ether oxygens (including phenoxy) is 2. The number of benzene rings is 2. The summed E-state index contributed by atoms with van der Waals surface area (Å²) in [6.07, 6.45) is 1.78. The molecule has 0 heterocycles. The molecule has 0 radical (unpaired) electrons. The van der Waals surface area contributed by atoms with Gasteiger partial charge in [-0.2, -0.15) is 0 Å². The van der Waals surface area contributed by atoms with Crippen LogP contribution in [0.1, 0.15) is 30.1 Å². The molecule has 0 aliphatic heterocycles.